The van der Waals surface area contributed by atoms with Gasteiger partial charge in [-0.05, 0) is 29.8 Å². The minimum Gasteiger partial charge on any atom is -0.365 e. The fourth-order valence-corrected chi connectivity index (χ4v) is 1.63. The number of nitriles is 1. The van der Waals surface area contributed by atoms with Gasteiger partial charge < -0.3 is 11.1 Å². The molecule has 0 fully saturated rings. The average Bonchev–Trinajstić information content (AvgIpc) is 2.46. The van der Waals surface area contributed by atoms with Gasteiger partial charge >= 0.3 is 0 Å². The van der Waals surface area contributed by atoms with Crippen molar-refractivity contribution in [3.05, 3.63) is 59.3 Å². The number of pyridine rings is 1. The molecule has 0 aliphatic heterocycles. The number of anilines is 1. The number of hydrogen-bond acceptors (Lipinski definition) is 4. The van der Waals surface area contributed by atoms with E-state index in [1.54, 1.807) is 30.5 Å². The molecule has 0 unspecified atom stereocenters. The summed E-state index contributed by atoms with van der Waals surface area (Å²) in [5.41, 5.74) is 7.22. The highest BCUT2D eigenvalue weighted by molar-refractivity contribution is 5.97. The number of aromatic nitrogens is 1. The molecule has 0 saturated heterocycles. The number of hydrogen-bond donors (Lipinski definition) is 2. The predicted molar refractivity (Wildman–Crippen MR) is 71.2 cm³/mol. The number of nitrogens with one attached hydrogen (secondary N) is 1. The molecule has 0 aliphatic carbocycles. The maximum atomic E-state index is 11.2. The van der Waals surface area contributed by atoms with E-state index >= 15 is 0 Å². The van der Waals surface area contributed by atoms with E-state index in [4.69, 9.17) is 11.0 Å². The van der Waals surface area contributed by atoms with Gasteiger partial charge in [0, 0.05) is 12.7 Å². The summed E-state index contributed by atoms with van der Waals surface area (Å²) in [6.07, 6.45) is 1.59. The van der Waals surface area contributed by atoms with Crippen LogP contribution < -0.4 is 11.1 Å². The van der Waals surface area contributed by atoms with Gasteiger partial charge in [0.1, 0.15) is 5.82 Å². The van der Waals surface area contributed by atoms with Crippen LogP contribution in [0.4, 0.5) is 5.82 Å². The van der Waals surface area contributed by atoms with Crippen LogP contribution in [0, 0.1) is 11.3 Å². The smallest absolute Gasteiger partial charge is 0.252 e. The number of primary amides is 1. The van der Waals surface area contributed by atoms with E-state index in [9.17, 15) is 4.79 Å². The van der Waals surface area contributed by atoms with Crippen LogP contribution in [0.1, 0.15) is 21.5 Å². The standard InChI is InChI=1S/C14H12N4O/c15-8-10-3-5-11(6-4-10)9-18-14-12(13(16)19)2-1-7-17-14/h1-7H,9H2,(H2,16,19)(H,17,18). The summed E-state index contributed by atoms with van der Waals surface area (Å²) in [6, 6.07) is 12.5. The monoisotopic (exact) mass is 252 g/mol. The molecule has 94 valence electrons. The van der Waals surface area contributed by atoms with Crippen molar-refractivity contribution in [3.8, 4) is 6.07 Å². The van der Waals surface area contributed by atoms with Gasteiger partial charge in [-0.3, -0.25) is 4.79 Å². The van der Waals surface area contributed by atoms with E-state index in [0.29, 0.717) is 23.5 Å². The lowest BCUT2D eigenvalue weighted by Gasteiger charge is -2.08. The van der Waals surface area contributed by atoms with Crippen LogP contribution in [-0.4, -0.2) is 10.9 Å². The molecule has 0 atom stereocenters. The molecule has 0 bridgehead atoms. The summed E-state index contributed by atoms with van der Waals surface area (Å²) in [5.74, 6) is -0.0604. The Morgan fingerprint density at radius 2 is 2.05 bits per heavy atom. The molecule has 0 spiro atoms. The van der Waals surface area contributed by atoms with Crippen LogP contribution in [0.3, 0.4) is 0 Å². The van der Waals surface area contributed by atoms with E-state index in [1.807, 2.05) is 12.1 Å². The van der Waals surface area contributed by atoms with Gasteiger partial charge in [0.15, 0.2) is 0 Å². The van der Waals surface area contributed by atoms with Gasteiger partial charge in [-0.2, -0.15) is 5.26 Å². The number of benzene rings is 1. The van der Waals surface area contributed by atoms with Gasteiger partial charge in [0.2, 0.25) is 0 Å². The lowest BCUT2D eigenvalue weighted by molar-refractivity contribution is 0.100. The second-order valence-electron chi connectivity index (χ2n) is 3.93. The molecular formula is C14H12N4O. The maximum absolute atomic E-state index is 11.2. The van der Waals surface area contributed by atoms with Gasteiger partial charge in [-0.25, -0.2) is 4.98 Å². The Labute approximate surface area is 110 Å². The van der Waals surface area contributed by atoms with Crippen molar-refractivity contribution >= 4 is 11.7 Å². The van der Waals surface area contributed by atoms with Gasteiger partial charge in [0.05, 0.1) is 17.2 Å². The van der Waals surface area contributed by atoms with Crippen LogP contribution in [-0.2, 0) is 6.54 Å². The third kappa shape index (κ3) is 3.07. The first-order valence-electron chi connectivity index (χ1n) is 5.68. The zero-order chi connectivity index (χ0) is 13.7. The minimum atomic E-state index is -0.518. The van der Waals surface area contributed by atoms with Crippen LogP contribution in [0.5, 0.6) is 0 Å². The maximum Gasteiger partial charge on any atom is 0.252 e. The Kier molecular flexibility index (Phi) is 3.74. The van der Waals surface area contributed by atoms with E-state index in [2.05, 4.69) is 16.4 Å². The highest BCUT2D eigenvalue weighted by atomic mass is 16.1. The van der Waals surface area contributed by atoms with Gasteiger partial charge in [-0.15, -0.1) is 0 Å². The van der Waals surface area contributed by atoms with E-state index < -0.39 is 5.91 Å². The highest BCUT2D eigenvalue weighted by Crippen LogP contribution is 2.12. The molecule has 0 saturated carbocycles. The lowest BCUT2D eigenvalue weighted by atomic mass is 10.1. The Hall–Kier alpha value is -2.87. The second kappa shape index (κ2) is 5.65. The number of nitrogens with zero attached hydrogens (tertiary/aromatic N) is 2. The first-order valence-corrected chi connectivity index (χ1v) is 5.68. The number of carbonyl (C=O) groups is 1. The van der Waals surface area contributed by atoms with Crippen molar-refractivity contribution in [2.45, 2.75) is 6.54 Å². The largest absolute Gasteiger partial charge is 0.365 e. The van der Waals surface area contributed by atoms with E-state index in [-0.39, 0.29) is 0 Å². The number of rotatable bonds is 4. The normalized spacial score (nSPS) is 9.63. The van der Waals surface area contributed by atoms with Crippen molar-refractivity contribution in [1.82, 2.24) is 4.98 Å². The summed E-state index contributed by atoms with van der Waals surface area (Å²) < 4.78 is 0. The quantitative estimate of drug-likeness (QED) is 0.865. The van der Waals surface area contributed by atoms with Crippen LogP contribution in [0.2, 0.25) is 0 Å². The molecule has 1 aromatic carbocycles. The Morgan fingerprint density at radius 3 is 2.68 bits per heavy atom. The molecule has 2 aromatic rings. The molecular weight excluding hydrogens is 240 g/mol. The molecule has 0 aliphatic rings. The molecule has 1 amide bonds. The van der Waals surface area contributed by atoms with Crippen molar-refractivity contribution in [2.24, 2.45) is 5.73 Å². The molecule has 1 heterocycles. The fraction of sp³-hybridized carbons (Fsp3) is 0.0714. The second-order valence-corrected chi connectivity index (χ2v) is 3.93. The molecule has 19 heavy (non-hydrogen) atoms. The van der Waals surface area contributed by atoms with E-state index in [1.165, 1.54) is 0 Å². The highest BCUT2D eigenvalue weighted by Gasteiger charge is 2.07. The molecule has 0 radical (unpaired) electrons. The van der Waals surface area contributed by atoms with Gasteiger partial charge in [-0.1, -0.05) is 12.1 Å². The van der Waals surface area contributed by atoms with E-state index in [0.717, 1.165) is 5.56 Å². The third-order valence-corrected chi connectivity index (χ3v) is 2.62. The average molecular weight is 252 g/mol. The topological polar surface area (TPSA) is 91.8 Å². The number of nitrogens with two attached hydrogens (primary N) is 1. The molecule has 1 aromatic heterocycles. The Bertz CT molecular complexity index is 629. The summed E-state index contributed by atoms with van der Waals surface area (Å²) in [6.45, 7) is 0.503. The van der Waals surface area contributed by atoms with Crippen molar-refractivity contribution < 1.29 is 4.79 Å². The summed E-state index contributed by atoms with van der Waals surface area (Å²) in [5, 5.41) is 11.8. The minimum absolute atomic E-state index is 0.358. The molecule has 2 rings (SSSR count). The summed E-state index contributed by atoms with van der Waals surface area (Å²) in [4.78, 5) is 15.3. The fourth-order valence-electron chi connectivity index (χ4n) is 1.63. The number of amides is 1. The Morgan fingerprint density at radius 1 is 1.32 bits per heavy atom. The summed E-state index contributed by atoms with van der Waals surface area (Å²) in [7, 11) is 0. The zero-order valence-electron chi connectivity index (χ0n) is 10.1. The third-order valence-electron chi connectivity index (χ3n) is 2.62. The van der Waals surface area contributed by atoms with Crippen LogP contribution in [0.15, 0.2) is 42.6 Å². The van der Waals surface area contributed by atoms with Crippen molar-refractivity contribution in [1.29, 1.82) is 5.26 Å². The molecule has 3 N–H and O–H groups in total. The first kappa shape index (κ1) is 12.6. The van der Waals surface area contributed by atoms with Crippen molar-refractivity contribution in [2.75, 3.05) is 5.32 Å². The number of carbonyl (C=O) groups excluding carboxylic acids is 1. The summed E-state index contributed by atoms with van der Waals surface area (Å²) >= 11 is 0. The lowest BCUT2D eigenvalue weighted by Crippen LogP contribution is -2.15. The predicted octanol–water partition coefficient (Wildman–Crippen LogP) is 1.66. The SMILES string of the molecule is N#Cc1ccc(CNc2ncccc2C(N)=O)cc1. The van der Waals surface area contributed by atoms with Crippen LogP contribution >= 0.6 is 0 Å². The van der Waals surface area contributed by atoms with Crippen LogP contribution in [0.25, 0.3) is 0 Å². The Balaban J connectivity index is 2.10. The molecule has 5 heteroatoms. The molecule has 5 nitrogen and oxygen atoms in total. The zero-order valence-corrected chi connectivity index (χ0v) is 10.1. The van der Waals surface area contributed by atoms with Gasteiger partial charge in [0.25, 0.3) is 5.91 Å². The first-order chi connectivity index (χ1) is 9.20. The van der Waals surface area contributed by atoms with Crippen molar-refractivity contribution in [3.63, 3.8) is 0 Å².